The van der Waals surface area contributed by atoms with Crippen LogP contribution >= 0.6 is 44.3 Å². The van der Waals surface area contributed by atoms with Crippen molar-refractivity contribution < 1.29 is 19.4 Å². The fourth-order valence-electron chi connectivity index (χ4n) is 5.67. The van der Waals surface area contributed by atoms with E-state index in [0.29, 0.717) is 11.6 Å². The van der Waals surface area contributed by atoms with Crippen LogP contribution in [0.1, 0.15) is 37.5 Å². The minimum absolute atomic E-state index is 0. The van der Waals surface area contributed by atoms with Gasteiger partial charge in [0, 0.05) is 52.4 Å². The molecule has 2 saturated heterocycles. The number of oxazole rings is 1. The summed E-state index contributed by atoms with van der Waals surface area (Å²) in [5.41, 5.74) is 10.1. The average molecular weight is 787 g/mol. The molecule has 7 rings (SSSR count). The van der Waals surface area contributed by atoms with Crippen LogP contribution in [0.15, 0.2) is 110 Å². The molecule has 2 aliphatic heterocycles. The molecule has 0 atom stereocenters. The minimum Gasteiger partial charge on any atom is -0.506 e. The van der Waals surface area contributed by atoms with Crippen LogP contribution < -0.4 is 15.5 Å². The molecule has 4 N–H and O–H groups in total. The lowest BCUT2D eigenvalue weighted by molar-refractivity contribution is -0.142. The molecule has 1 aromatic heterocycles. The van der Waals surface area contributed by atoms with Gasteiger partial charge < -0.3 is 30.2 Å². The van der Waals surface area contributed by atoms with Crippen molar-refractivity contribution in [1.29, 1.82) is 0 Å². The summed E-state index contributed by atoms with van der Waals surface area (Å²) >= 11 is 6.69. The first-order valence-electron chi connectivity index (χ1n) is 15.4. The molecule has 4 aromatic carbocycles. The van der Waals surface area contributed by atoms with E-state index in [-0.39, 0.29) is 24.1 Å². The lowest BCUT2D eigenvalue weighted by atomic mass is 9.96. The van der Waals surface area contributed by atoms with Crippen molar-refractivity contribution in [2.24, 2.45) is 5.92 Å². The number of carboxylic acids is 1. The van der Waals surface area contributed by atoms with Gasteiger partial charge in [-0.05, 0) is 86.3 Å². The summed E-state index contributed by atoms with van der Waals surface area (Å²) in [6.45, 7) is 3.80. The second-order valence-corrected chi connectivity index (χ2v) is 13.2. The maximum Gasteiger partial charge on any atom is 0.306 e. The summed E-state index contributed by atoms with van der Waals surface area (Å²) in [6, 6.07) is 31.7. The number of anilines is 3. The zero-order chi connectivity index (χ0) is 32.5. The standard InChI is InChI=1S/C18H17BrN2O.C12H15NO2.C6H6BrNO.ClH/c19-14-6-7-17-16(12-14)20-18(22-17)13-8-10-21(11-9-13)15-4-2-1-3-5-15;14-12(15)10-6-8-13(9-7-10)11-4-2-1-3-5-11;7-4-1-2-6(9)5(8)3-4;/h1-7,12-13H,8-11H2;1-5,10H,6-9H2,(H,14,15);1-3,9H,8H2;1H. The van der Waals surface area contributed by atoms with E-state index in [0.717, 1.165) is 77.8 Å². The fraction of sp³-hybridized carbons (Fsp3) is 0.278. The van der Waals surface area contributed by atoms with Crippen LogP contribution in [-0.4, -0.2) is 47.3 Å². The molecule has 0 unspecified atom stereocenters. The van der Waals surface area contributed by atoms with E-state index in [1.165, 1.54) is 11.4 Å². The number of carboxylic acid groups (broad SMARTS) is 1. The third kappa shape index (κ3) is 10.1. The van der Waals surface area contributed by atoms with Crippen molar-refractivity contribution in [3.05, 3.63) is 112 Å². The Morgan fingerprint density at radius 1 is 0.766 bits per heavy atom. The van der Waals surface area contributed by atoms with Gasteiger partial charge in [0.2, 0.25) is 0 Å². The quantitative estimate of drug-likeness (QED) is 0.122. The Morgan fingerprint density at radius 2 is 1.28 bits per heavy atom. The Hall–Kier alpha value is -3.73. The van der Waals surface area contributed by atoms with E-state index in [2.05, 4.69) is 89.1 Å². The number of phenols is 1. The highest BCUT2D eigenvalue weighted by Crippen LogP contribution is 2.32. The summed E-state index contributed by atoms with van der Waals surface area (Å²) in [7, 11) is 0. The average Bonchev–Trinajstić information content (AvgIpc) is 3.51. The van der Waals surface area contributed by atoms with Gasteiger partial charge >= 0.3 is 5.97 Å². The predicted molar refractivity (Wildman–Crippen MR) is 199 cm³/mol. The normalized spacial score (nSPS) is 15.1. The summed E-state index contributed by atoms with van der Waals surface area (Å²) in [4.78, 5) is 20.1. The predicted octanol–water partition coefficient (Wildman–Crippen LogP) is 9.12. The van der Waals surface area contributed by atoms with Gasteiger partial charge in [0.05, 0.1) is 11.6 Å². The second kappa shape index (κ2) is 17.4. The zero-order valence-corrected chi connectivity index (χ0v) is 29.8. The molecule has 11 heteroatoms. The zero-order valence-electron chi connectivity index (χ0n) is 25.8. The molecule has 0 spiro atoms. The van der Waals surface area contributed by atoms with Gasteiger partial charge in [-0.2, -0.15) is 0 Å². The van der Waals surface area contributed by atoms with Crippen molar-refractivity contribution in [2.45, 2.75) is 31.6 Å². The SMILES string of the molecule is Brc1ccc2oc(C3CCN(c4ccccc4)CC3)nc2c1.Cl.Nc1cc(Br)ccc1O.O=C(O)C1CCN(c2ccccc2)CC1. The smallest absolute Gasteiger partial charge is 0.306 e. The Bertz CT molecular complexity index is 1710. The number of hydrogen-bond acceptors (Lipinski definition) is 7. The van der Waals surface area contributed by atoms with Crippen LogP contribution in [0.4, 0.5) is 17.1 Å². The summed E-state index contributed by atoms with van der Waals surface area (Å²) in [5.74, 6) is 0.637. The Labute approximate surface area is 298 Å². The van der Waals surface area contributed by atoms with Crippen LogP contribution in [0, 0.1) is 5.92 Å². The molecule has 0 aliphatic carbocycles. The number of rotatable bonds is 4. The van der Waals surface area contributed by atoms with Crippen LogP contribution in [0.2, 0.25) is 0 Å². The number of aromatic nitrogens is 1. The van der Waals surface area contributed by atoms with E-state index in [1.807, 2.05) is 36.4 Å². The van der Waals surface area contributed by atoms with E-state index < -0.39 is 5.97 Å². The largest absolute Gasteiger partial charge is 0.506 e. The summed E-state index contributed by atoms with van der Waals surface area (Å²) in [5, 5.41) is 17.8. The van der Waals surface area contributed by atoms with E-state index >= 15 is 0 Å². The van der Waals surface area contributed by atoms with E-state index in [9.17, 15) is 4.79 Å². The lowest BCUT2D eigenvalue weighted by Crippen LogP contribution is -2.36. The van der Waals surface area contributed by atoms with Gasteiger partial charge in [0.1, 0.15) is 11.3 Å². The third-order valence-electron chi connectivity index (χ3n) is 8.29. The molecule has 0 saturated carbocycles. The third-order valence-corrected chi connectivity index (χ3v) is 9.27. The number of nitrogens with two attached hydrogens (primary N) is 1. The van der Waals surface area contributed by atoms with Gasteiger partial charge in [-0.1, -0.05) is 68.3 Å². The second-order valence-electron chi connectivity index (χ2n) is 11.4. The molecule has 0 bridgehead atoms. The van der Waals surface area contributed by atoms with Gasteiger partial charge in [0.15, 0.2) is 11.5 Å². The lowest BCUT2D eigenvalue weighted by Gasteiger charge is -2.32. The number of nitrogen functional groups attached to an aromatic ring is 1. The number of aliphatic carboxylic acids is 1. The molecule has 3 heterocycles. The molecular weight excluding hydrogens is 748 g/mol. The number of piperidine rings is 2. The number of hydrogen-bond donors (Lipinski definition) is 3. The number of carbonyl (C=O) groups is 1. The van der Waals surface area contributed by atoms with Gasteiger partial charge in [0.25, 0.3) is 0 Å². The van der Waals surface area contributed by atoms with Gasteiger partial charge in [-0.15, -0.1) is 12.4 Å². The van der Waals surface area contributed by atoms with Crippen molar-refractivity contribution in [2.75, 3.05) is 41.7 Å². The van der Waals surface area contributed by atoms with E-state index in [4.69, 9.17) is 20.4 Å². The Morgan fingerprint density at radius 3 is 1.79 bits per heavy atom. The highest BCUT2D eigenvalue weighted by Gasteiger charge is 2.25. The number of fused-ring (bicyclic) bond motifs is 1. The molecule has 47 heavy (non-hydrogen) atoms. The molecule has 5 aromatic rings. The number of halogens is 3. The molecule has 0 amide bonds. The van der Waals surface area contributed by atoms with Crippen molar-refractivity contribution in [1.82, 2.24) is 4.98 Å². The number of para-hydroxylation sites is 2. The van der Waals surface area contributed by atoms with Crippen molar-refractivity contribution in [3.63, 3.8) is 0 Å². The molecule has 0 radical (unpaired) electrons. The van der Waals surface area contributed by atoms with Crippen LogP contribution in [-0.2, 0) is 4.79 Å². The number of aromatic hydroxyl groups is 1. The minimum atomic E-state index is -0.650. The first kappa shape index (κ1) is 36.1. The van der Waals surface area contributed by atoms with Gasteiger partial charge in [-0.3, -0.25) is 4.79 Å². The van der Waals surface area contributed by atoms with Crippen LogP contribution in [0.5, 0.6) is 5.75 Å². The molecule has 2 fully saturated rings. The molecular formula is C36H39Br2ClN4O4. The summed E-state index contributed by atoms with van der Waals surface area (Å²) < 4.78 is 7.87. The number of benzene rings is 4. The van der Waals surface area contributed by atoms with Crippen LogP contribution in [0.3, 0.4) is 0 Å². The highest BCUT2D eigenvalue weighted by atomic mass is 79.9. The maximum absolute atomic E-state index is 10.8. The fourth-order valence-corrected chi connectivity index (χ4v) is 6.39. The van der Waals surface area contributed by atoms with Gasteiger partial charge in [-0.25, -0.2) is 4.98 Å². The van der Waals surface area contributed by atoms with E-state index in [1.54, 1.807) is 18.2 Å². The number of nitrogens with zero attached hydrogens (tertiary/aromatic N) is 3. The molecule has 248 valence electrons. The molecule has 8 nitrogen and oxygen atoms in total. The first-order chi connectivity index (χ1) is 22.3. The maximum atomic E-state index is 10.8. The summed E-state index contributed by atoms with van der Waals surface area (Å²) in [6.07, 6.45) is 3.68. The first-order valence-corrected chi connectivity index (χ1v) is 17.0. The monoisotopic (exact) mass is 784 g/mol. The molecule has 2 aliphatic rings. The Balaban J connectivity index is 0.000000174. The topological polar surface area (TPSA) is 116 Å². The highest BCUT2D eigenvalue weighted by molar-refractivity contribution is 9.10. The van der Waals surface area contributed by atoms with Crippen molar-refractivity contribution in [3.8, 4) is 5.75 Å². The Kier molecular flexibility index (Phi) is 13.4. The van der Waals surface area contributed by atoms with Crippen LogP contribution in [0.25, 0.3) is 11.1 Å². The number of phenolic OH excluding ortho intramolecular Hbond substituents is 1. The van der Waals surface area contributed by atoms with Crippen molar-refractivity contribution >= 4 is 78.4 Å².